The van der Waals surface area contributed by atoms with Gasteiger partial charge in [-0.2, -0.15) is 0 Å². The van der Waals surface area contributed by atoms with Crippen LogP contribution in [0.15, 0.2) is 59.4 Å². The number of nitrogens with one attached hydrogen (secondary N) is 1. The van der Waals surface area contributed by atoms with Crippen LogP contribution in [0, 0.1) is 5.82 Å². The molecule has 26 heavy (non-hydrogen) atoms. The Balaban J connectivity index is 1.99. The molecule has 0 aliphatic carbocycles. The largest absolute Gasteiger partial charge is 0.329 e. The second kappa shape index (κ2) is 6.75. The molecule has 4 nitrogen and oxygen atoms in total. The van der Waals surface area contributed by atoms with Crippen LogP contribution < -0.4 is 5.56 Å². The van der Waals surface area contributed by atoms with Crippen LogP contribution in [0.2, 0.25) is 0 Å². The minimum absolute atomic E-state index is 0.167. The number of halogens is 1. The fraction of sp³-hybridized carbons (Fsp3) is 0.238. The summed E-state index contributed by atoms with van der Waals surface area (Å²) in [6, 6.07) is 14.8. The van der Waals surface area contributed by atoms with Gasteiger partial charge < -0.3 is 9.88 Å². The molecule has 0 spiro atoms. The summed E-state index contributed by atoms with van der Waals surface area (Å²) < 4.78 is 13.2. The fourth-order valence-electron chi connectivity index (χ4n) is 2.84. The summed E-state index contributed by atoms with van der Waals surface area (Å²) in [4.78, 5) is 29.9. The summed E-state index contributed by atoms with van der Waals surface area (Å²) in [7, 11) is 0. The van der Waals surface area contributed by atoms with Crippen LogP contribution in [-0.4, -0.2) is 21.3 Å². The number of carbonyl (C=O) groups is 1. The van der Waals surface area contributed by atoms with E-state index in [1.807, 2.05) is 51.1 Å². The molecule has 0 aliphatic heterocycles. The Morgan fingerprint density at radius 1 is 1.08 bits per heavy atom. The molecule has 3 rings (SSSR count). The summed E-state index contributed by atoms with van der Waals surface area (Å²) in [6.07, 6.45) is 0. The molecule has 0 aliphatic rings. The SMILES string of the molecule is CC(C)(C)N(Cc1cc2ccccc2[nH]c1=O)C(=O)c1ccc(F)cc1. The zero-order chi connectivity index (χ0) is 18.9. The molecule has 0 radical (unpaired) electrons. The first-order valence-corrected chi connectivity index (χ1v) is 8.44. The number of hydrogen-bond acceptors (Lipinski definition) is 2. The van der Waals surface area contributed by atoms with E-state index >= 15 is 0 Å². The van der Waals surface area contributed by atoms with Crippen molar-refractivity contribution in [3.05, 3.63) is 81.9 Å². The summed E-state index contributed by atoms with van der Waals surface area (Å²) in [5.41, 5.74) is 0.926. The number of H-pyrrole nitrogens is 1. The van der Waals surface area contributed by atoms with Crippen molar-refractivity contribution in [3.8, 4) is 0 Å². The Morgan fingerprint density at radius 3 is 2.38 bits per heavy atom. The number of rotatable bonds is 3. The second-order valence-electron chi connectivity index (χ2n) is 7.28. The number of aromatic amines is 1. The van der Waals surface area contributed by atoms with Crippen LogP contribution in [0.5, 0.6) is 0 Å². The Bertz CT molecular complexity index is 1000. The molecule has 0 bridgehead atoms. The summed E-state index contributed by atoms with van der Waals surface area (Å²) >= 11 is 0. The number of pyridine rings is 1. The van der Waals surface area contributed by atoms with Gasteiger partial charge >= 0.3 is 0 Å². The van der Waals surface area contributed by atoms with Gasteiger partial charge in [0, 0.05) is 22.2 Å². The highest BCUT2D eigenvalue weighted by Crippen LogP contribution is 2.21. The first-order valence-electron chi connectivity index (χ1n) is 8.44. The van der Waals surface area contributed by atoms with E-state index in [1.165, 1.54) is 24.3 Å². The average molecular weight is 352 g/mol. The Kier molecular flexibility index (Phi) is 4.64. The van der Waals surface area contributed by atoms with Crippen LogP contribution in [0.4, 0.5) is 4.39 Å². The van der Waals surface area contributed by atoms with Gasteiger partial charge in [0.2, 0.25) is 0 Å². The standard InChI is InChI=1S/C21H21FN2O2/c1-21(2,3)24(20(26)14-8-10-17(22)11-9-14)13-16-12-15-6-4-5-7-18(15)23-19(16)25/h4-12H,13H2,1-3H3,(H,23,25). The molecule has 0 saturated carbocycles. The Morgan fingerprint density at radius 2 is 1.73 bits per heavy atom. The van der Waals surface area contributed by atoms with E-state index in [0.717, 1.165) is 10.9 Å². The molecule has 0 saturated heterocycles. The van der Waals surface area contributed by atoms with Gasteiger partial charge in [0.15, 0.2) is 0 Å². The van der Waals surface area contributed by atoms with E-state index in [1.54, 1.807) is 4.90 Å². The van der Waals surface area contributed by atoms with Crippen molar-refractivity contribution in [1.29, 1.82) is 0 Å². The summed E-state index contributed by atoms with van der Waals surface area (Å²) in [5, 5.41) is 0.908. The quantitative estimate of drug-likeness (QED) is 0.771. The van der Waals surface area contributed by atoms with Crippen molar-refractivity contribution >= 4 is 16.8 Å². The second-order valence-corrected chi connectivity index (χ2v) is 7.28. The summed E-state index contributed by atoms with van der Waals surface area (Å²) in [5.74, 6) is -0.639. The van der Waals surface area contributed by atoms with Gasteiger partial charge in [-0.25, -0.2) is 4.39 Å². The zero-order valence-corrected chi connectivity index (χ0v) is 15.0. The lowest BCUT2D eigenvalue weighted by atomic mass is 10.0. The monoisotopic (exact) mass is 352 g/mol. The van der Waals surface area contributed by atoms with Crippen molar-refractivity contribution < 1.29 is 9.18 Å². The van der Waals surface area contributed by atoms with E-state index < -0.39 is 11.4 Å². The molecular weight excluding hydrogens is 331 g/mol. The maximum atomic E-state index is 13.2. The molecule has 2 aromatic carbocycles. The van der Waals surface area contributed by atoms with E-state index in [0.29, 0.717) is 11.1 Å². The maximum absolute atomic E-state index is 13.2. The number of fused-ring (bicyclic) bond motifs is 1. The van der Waals surface area contributed by atoms with Crippen molar-refractivity contribution in [2.45, 2.75) is 32.9 Å². The molecule has 1 heterocycles. The highest BCUT2D eigenvalue weighted by atomic mass is 19.1. The molecule has 0 fully saturated rings. The topological polar surface area (TPSA) is 53.2 Å². The van der Waals surface area contributed by atoms with Crippen LogP contribution in [0.1, 0.15) is 36.7 Å². The van der Waals surface area contributed by atoms with Gasteiger partial charge in [0.05, 0.1) is 6.54 Å². The number of carbonyl (C=O) groups excluding carboxylic acids is 1. The molecular formula is C21H21FN2O2. The smallest absolute Gasteiger partial charge is 0.254 e. The predicted molar refractivity (Wildman–Crippen MR) is 101 cm³/mol. The number of hydrogen-bond donors (Lipinski definition) is 1. The number of para-hydroxylation sites is 1. The zero-order valence-electron chi connectivity index (χ0n) is 15.0. The van der Waals surface area contributed by atoms with E-state index in [4.69, 9.17) is 0 Å². The number of aromatic nitrogens is 1. The van der Waals surface area contributed by atoms with Gasteiger partial charge in [-0.05, 0) is 62.6 Å². The molecule has 0 unspecified atom stereocenters. The molecule has 3 aromatic rings. The summed E-state index contributed by atoms with van der Waals surface area (Å²) in [6.45, 7) is 5.89. The molecule has 0 atom stereocenters. The normalized spacial score (nSPS) is 11.5. The Labute approximate surface area is 151 Å². The molecule has 1 N–H and O–H groups in total. The van der Waals surface area contributed by atoms with Gasteiger partial charge in [0.1, 0.15) is 5.82 Å². The third-order valence-corrected chi connectivity index (χ3v) is 4.30. The van der Waals surface area contributed by atoms with Gasteiger partial charge in [-0.1, -0.05) is 18.2 Å². The van der Waals surface area contributed by atoms with Crippen molar-refractivity contribution in [2.24, 2.45) is 0 Å². The molecule has 1 aromatic heterocycles. The molecule has 134 valence electrons. The van der Waals surface area contributed by atoms with Crippen LogP contribution in [0.25, 0.3) is 10.9 Å². The van der Waals surface area contributed by atoms with Crippen LogP contribution >= 0.6 is 0 Å². The van der Waals surface area contributed by atoms with E-state index in [2.05, 4.69) is 4.98 Å². The third-order valence-electron chi connectivity index (χ3n) is 4.30. The van der Waals surface area contributed by atoms with Crippen molar-refractivity contribution in [1.82, 2.24) is 9.88 Å². The number of amides is 1. The highest BCUT2D eigenvalue weighted by molar-refractivity contribution is 5.94. The Hall–Kier alpha value is -2.95. The lowest BCUT2D eigenvalue weighted by Gasteiger charge is -2.35. The fourth-order valence-corrected chi connectivity index (χ4v) is 2.84. The highest BCUT2D eigenvalue weighted by Gasteiger charge is 2.28. The molecule has 1 amide bonds. The minimum atomic E-state index is -0.510. The lowest BCUT2D eigenvalue weighted by Crippen LogP contribution is -2.46. The van der Waals surface area contributed by atoms with Gasteiger partial charge in [-0.15, -0.1) is 0 Å². The number of nitrogens with zero attached hydrogens (tertiary/aromatic N) is 1. The van der Waals surface area contributed by atoms with Crippen molar-refractivity contribution in [2.75, 3.05) is 0 Å². The van der Waals surface area contributed by atoms with E-state index in [-0.39, 0.29) is 18.0 Å². The molecule has 5 heteroatoms. The van der Waals surface area contributed by atoms with Gasteiger partial charge in [0.25, 0.3) is 11.5 Å². The number of benzene rings is 2. The average Bonchev–Trinajstić information content (AvgIpc) is 2.59. The van der Waals surface area contributed by atoms with Crippen molar-refractivity contribution in [3.63, 3.8) is 0 Å². The van der Waals surface area contributed by atoms with E-state index in [9.17, 15) is 14.0 Å². The predicted octanol–water partition coefficient (Wildman–Crippen LogP) is 4.11. The first kappa shape index (κ1) is 17.9. The lowest BCUT2D eigenvalue weighted by molar-refractivity contribution is 0.0558. The van der Waals surface area contributed by atoms with Gasteiger partial charge in [-0.3, -0.25) is 9.59 Å². The first-order chi connectivity index (χ1) is 12.3. The minimum Gasteiger partial charge on any atom is -0.329 e. The third kappa shape index (κ3) is 3.67. The maximum Gasteiger partial charge on any atom is 0.254 e. The van der Waals surface area contributed by atoms with Crippen LogP contribution in [-0.2, 0) is 6.54 Å². The van der Waals surface area contributed by atoms with Crippen LogP contribution in [0.3, 0.4) is 0 Å².